The summed E-state index contributed by atoms with van der Waals surface area (Å²) in [6.07, 6.45) is 3.80. The van der Waals surface area contributed by atoms with E-state index in [-0.39, 0.29) is 24.2 Å². The van der Waals surface area contributed by atoms with Gasteiger partial charge in [-0.25, -0.2) is 9.99 Å². The molecule has 10 nitrogen and oxygen atoms in total. The van der Waals surface area contributed by atoms with E-state index in [0.29, 0.717) is 37.4 Å². The van der Waals surface area contributed by atoms with E-state index in [1.807, 2.05) is 71.7 Å². The maximum atomic E-state index is 11.8. The van der Waals surface area contributed by atoms with Crippen LogP contribution in [0.1, 0.15) is 25.3 Å². The van der Waals surface area contributed by atoms with E-state index in [2.05, 4.69) is 42.2 Å². The average Bonchev–Trinajstić information content (AvgIpc) is 3.76. The third-order valence-corrected chi connectivity index (χ3v) is 9.16. The van der Waals surface area contributed by atoms with E-state index in [4.69, 9.17) is 25.4 Å². The lowest BCUT2D eigenvalue weighted by Crippen LogP contribution is -2.63. The summed E-state index contributed by atoms with van der Waals surface area (Å²) in [5.74, 6) is 1.55. The Hall–Kier alpha value is -4.84. The summed E-state index contributed by atoms with van der Waals surface area (Å²) in [7, 11) is 0. The standard InChI is InChI=1S/C35H37N5O3S.CH2O2/c1-4-35(22-40(35)38-23(2)41)34(36)16-17-39(24(3)44)27(21-34)18-26-19-33(37-32-15-12-28(42)20-31(26)32)25-10-13-30(14-11-25)43-29-8-6-5-7-9-29;2-1-3/h4-15,19-20,27,42,44H,1,3,16-18,21-22,36H2,2H3,(H,38,41);1H,(H,2,3). The molecule has 3 aromatic carbocycles. The SMILES string of the molecule is C=CC1(C2(N)CCN(C(=C)S)C(Cc3cc(-c4ccc(Oc5ccccc5)cc4)nc4ccc(O)cc34)C2)CN1NC(C)=O.O=CO. The summed E-state index contributed by atoms with van der Waals surface area (Å²) >= 11 is 4.65. The number of nitrogens with two attached hydrogens (primary N) is 1. The fraction of sp³-hybridized carbons (Fsp3) is 0.250. The van der Waals surface area contributed by atoms with Crippen molar-refractivity contribution in [2.75, 3.05) is 13.1 Å². The lowest BCUT2D eigenvalue weighted by Gasteiger charge is -2.49. The van der Waals surface area contributed by atoms with Crippen LogP contribution >= 0.6 is 12.6 Å². The molecule has 4 aromatic rings. The van der Waals surface area contributed by atoms with Crippen molar-refractivity contribution in [2.45, 2.75) is 43.3 Å². The zero-order chi connectivity index (χ0) is 33.8. The molecule has 2 fully saturated rings. The van der Waals surface area contributed by atoms with Crippen molar-refractivity contribution in [3.8, 4) is 28.5 Å². The van der Waals surface area contributed by atoms with Gasteiger partial charge in [-0.1, -0.05) is 30.9 Å². The number of thiol groups is 1. The Morgan fingerprint density at radius 2 is 1.83 bits per heavy atom. The second-order valence-corrected chi connectivity index (χ2v) is 12.4. The Bertz CT molecular complexity index is 1790. The molecule has 5 N–H and O–H groups in total. The lowest BCUT2D eigenvalue weighted by atomic mass is 9.72. The number of hydrogen-bond donors (Lipinski definition) is 5. The number of nitrogens with zero attached hydrogens (tertiary/aromatic N) is 3. The van der Waals surface area contributed by atoms with Crippen molar-refractivity contribution in [3.05, 3.63) is 109 Å². The number of carbonyl (C=O) groups excluding carboxylic acids is 1. The van der Waals surface area contributed by atoms with Crippen LogP contribution in [0.15, 0.2) is 103 Å². The van der Waals surface area contributed by atoms with Crippen LogP contribution in [0, 0.1) is 0 Å². The summed E-state index contributed by atoms with van der Waals surface area (Å²) in [5, 5.41) is 20.7. The number of benzene rings is 3. The minimum Gasteiger partial charge on any atom is -0.508 e. The fourth-order valence-corrected chi connectivity index (χ4v) is 6.83. The summed E-state index contributed by atoms with van der Waals surface area (Å²) in [6.45, 7) is 10.8. The molecule has 0 saturated carbocycles. The smallest absolute Gasteiger partial charge is 0.290 e. The highest BCUT2D eigenvalue weighted by Crippen LogP contribution is 2.48. The van der Waals surface area contributed by atoms with Crippen LogP contribution in [0.3, 0.4) is 0 Å². The number of hydrogen-bond acceptors (Lipinski definition) is 9. The Morgan fingerprint density at radius 1 is 1.15 bits per heavy atom. The number of ether oxygens (including phenoxy) is 1. The summed E-state index contributed by atoms with van der Waals surface area (Å²) in [5.41, 5.74) is 12.5. The van der Waals surface area contributed by atoms with Gasteiger partial charge < -0.3 is 25.6 Å². The van der Waals surface area contributed by atoms with Gasteiger partial charge in [0, 0.05) is 42.5 Å². The molecule has 4 atom stereocenters. The monoisotopic (exact) mass is 653 g/mol. The zero-order valence-electron chi connectivity index (χ0n) is 26.2. The molecule has 1 aromatic heterocycles. The second kappa shape index (κ2) is 13.9. The molecular formula is C36H39N5O5S. The van der Waals surface area contributed by atoms with Gasteiger partial charge in [0.1, 0.15) is 17.2 Å². The molecule has 0 spiro atoms. The number of phenols is 1. The van der Waals surface area contributed by atoms with E-state index in [1.165, 1.54) is 6.92 Å². The number of carbonyl (C=O) groups is 2. The first-order valence-corrected chi connectivity index (χ1v) is 15.6. The van der Waals surface area contributed by atoms with E-state index in [9.17, 15) is 9.90 Å². The molecule has 2 saturated heterocycles. The first-order chi connectivity index (χ1) is 22.5. The molecule has 3 heterocycles. The van der Waals surface area contributed by atoms with Crippen molar-refractivity contribution in [2.24, 2.45) is 5.73 Å². The van der Waals surface area contributed by atoms with E-state index >= 15 is 0 Å². The lowest BCUT2D eigenvalue weighted by molar-refractivity contribution is -0.123. The maximum Gasteiger partial charge on any atom is 0.290 e. The molecule has 2 aliphatic rings. The molecule has 0 aliphatic carbocycles. The molecule has 47 heavy (non-hydrogen) atoms. The van der Waals surface area contributed by atoms with Crippen LogP contribution in [0.5, 0.6) is 17.2 Å². The molecule has 6 rings (SSSR count). The number of pyridine rings is 1. The highest BCUT2D eigenvalue weighted by atomic mass is 32.1. The summed E-state index contributed by atoms with van der Waals surface area (Å²) in [6, 6.07) is 24.9. The minimum atomic E-state index is -0.635. The highest BCUT2D eigenvalue weighted by molar-refractivity contribution is 7.84. The van der Waals surface area contributed by atoms with E-state index in [1.54, 1.807) is 12.1 Å². The summed E-state index contributed by atoms with van der Waals surface area (Å²) in [4.78, 5) is 27.4. The van der Waals surface area contributed by atoms with Gasteiger partial charge in [0.25, 0.3) is 6.47 Å². The van der Waals surface area contributed by atoms with Gasteiger partial charge in [-0.3, -0.25) is 15.0 Å². The summed E-state index contributed by atoms with van der Waals surface area (Å²) < 4.78 is 5.99. The minimum absolute atomic E-state index is 0.0437. The number of phenolic OH excluding ortho intramolecular Hbond substituents is 1. The van der Waals surface area contributed by atoms with Crippen LogP contribution in [0.4, 0.5) is 0 Å². The van der Waals surface area contributed by atoms with Gasteiger partial charge >= 0.3 is 0 Å². The van der Waals surface area contributed by atoms with E-state index < -0.39 is 11.1 Å². The van der Waals surface area contributed by atoms with Crippen LogP contribution in [-0.4, -0.2) is 67.7 Å². The largest absolute Gasteiger partial charge is 0.508 e. The quantitative estimate of drug-likeness (QED) is 0.0686. The number of nitrogens with one attached hydrogen (secondary N) is 1. The van der Waals surface area contributed by atoms with Crippen molar-refractivity contribution in [3.63, 3.8) is 0 Å². The van der Waals surface area contributed by atoms with Crippen molar-refractivity contribution in [1.29, 1.82) is 0 Å². The number of para-hydroxylation sites is 1. The molecule has 244 valence electrons. The number of carboxylic acid groups (broad SMARTS) is 1. The van der Waals surface area contributed by atoms with Gasteiger partial charge in [-0.15, -0.1) is 19.2 Å². The van der Waals surface area contributed by atoms with Crippen LogP contribution in [0.25, 0.3) is 22.2 Å². The van der Waals surface area contributed by atoms with Gasteiger partial charge in [-0.05, 0) is 85.5 Å². The molecule has 2 aliphatic heterocycles. The topological polar surface area (TPSA) is 141 Å². The Balaban J connectivity index is 0.00000139. The zero-order valence-corrected chi connectivity index (χ0v) is 27.1. The van der Waals surface area contributed by atoms with E-state index in [0.717, 1.165) is 39.2 Å². The fourth-order valence-electron chi connectivity index (χ4n) is 6.56. The Morgan fingerprint density at radius 3 is 2.47 bits per heavy atom. The van der Waals surface area contributed by atoms with Crippen molar-refractivity contribution < 1.29 is 24.5 Å². The van der Waals surface area contributed by atoms with Crippen molar-refractivity contribution >= 4 is 35.9 Å². The van der Waals surface area contributed by atoms with Crippen LogP contribution in [0.2, 0.25) is 0 Å². The third-order valence-electron chi connectivity index (χ3n) is 8.90. The van der Waals surface area contributed by atoms with Gasteiger partial charge in [-0.2, -0.15) is 0 Å². The number of aromatic nitrogens is 1. The van der Waals surface area contributed by atoms with Crippen LogP contribution < -0.4 is 15.9 Å². The van der Waals surface area contributed by atoms with Crippen LogP contribution in [-0.2, 0) is 16.0 Å². The number of rotatable bonds is 9. The first kappa shape index (κ1) is 33.5. The molecule has 0 radical (unpaired) electrons. The highest BCUT2D eigenvalue weighted by Gasteiger charge is 2.64. The first-order valence-electron chi connectivity index (χ1n) is 15.2. The number of piperidine rings is 1. The number of aromatic hydroxyl groups is 1. The maximum absolute atomic E-state index is 11.8. The van der Waals surface area contributed by atoms with Gasteiger partial charge in [0.05, 0.1) is 21.8 Å². The average molecular weight is 654 g/mol. The Kier molecular flexibility index (Phi) is 9.90. The third kappa shape index (κ3) is 7.12. The second-order valence-electron chi connectivity index (χ2n) is 11.9. The number of amides is 1. The number of fused-ring (bicyclic) bond motifs is 1. The van der Waals surface area contributed by atoms with Gasteiger partial charge in [0.2, 0.25) is 5.91 Å². The normalized spacial score (nSPS) is 23.2. The van der Waals surface area contributed by atoms with Gasteiger partial charge in [0.15, 0.2) is 0 Å². The molecule has 0 bridgehead atoms. The molecule has 4 unspecified atom stereocenters. The Labute approximate surface area is 279 Å². The molecular weight excluding hydrogens is 614 g/mol. The van der Waals surface area contributed by atoms with Crippen molar-refractivity contribution in [1.82, 2.24) is 20.3 Å². The number of hydrazine groups is 1. The molecule has 11 heteroatoms. The predicted octanol–water partition coefficient (Wildman–Crippen LogP) is 5.50. The predicted molar refractivity (Wildman–Crippen MR) is 186 cm³/mol. The number of likely N-dealkylation sites (tertiary alicyclic amines) is 1. The molecule has 1 amide bonds.